The van der Waals surface area contributed by atoms with Gasteiger partial charge in [-0.2, -0.15) is 0 Å². The molecule has 1 aromatic carbocycles. The van der Waals surface area contributed by atoms with Crippen molar-refractivity contribution in [3.8, 4) is 11.5 Å². The molecule has 0 radical (unpaired) electrons. The van der Waals surface area contributed by atoms with Crippen LogP contribution in [0.1, 0.15) is 6.92 Å². The van der Waals surface area contributed by atoms with E-state index in [1.54, 1.807) is 29.0 Å². The summed E-state index contributed by atoms with van der Waals surface area (Å²) in [6.45, 7) is 4.16. The van der Waals surface area contributed by atoms with Gasteiger partial charge in [-0.1, -0.05) is 0 Å². The zero-order chi connectivity index (χ0) is 17.8. The van der Waals surface area contributed by atoms with E-state index in [1.807, 2.05) is 19.1 Å². The second-order valence-corrected chi connectivity index (χ2v) is 6.33. The average Bonchev–Trinajstić information content (AvgIpc) is 2.79. The quantitative estimate of drug-likeness (QED) is 0.787. The summed E-state index contributed by atoms with van der Waals surface area (Å²) in [5.74, 6) is 1.01. The molecule has 3 rings (SSSR count). The maximum atomic E-state index is 12.5. The van der Waals surface area contributed by atoms with E-state index in [4.69, 9.17) is 14.2 Å². The SMILES string of the molecule is CCOc1ccc(OCC(=O)N2C[C@@H]3COC[C@H](C2)N(C)C3=O)cc1. The largest absolute Gasteiger partial charge is 0.494 e. The van der Waals surface area contributed by atoms with Crippen molar-refractivity contribution in [2.75, 3.05) is 46.6 Å². The third-order valence-corrected chi connectivity index (χ3v) is 4.60. The molecule has 0 saturated carbocycles. The Hall–Kier alpha value is -2.28. The minimum atomic E-state index is -0.299. The van der Waals surface area contributed by atoms with Crippen molar-refractivity contribution in [3.05, 3.63) is 24.3 Å². The van der Waals surface area contributed by atoms with Crippen LogP contribution in [0.25, 0.3) is 0 Å². The molecule has 0 aromatic heterocycles. The van der Waals surface area contributed by atoms with Crippen LogP contribution in [0.5, 0.6) is 11.5 Å². The van der Waals surface area contributed by atoms with Crippen molar-refractivity contribution >= 4 is 11.8 Å². The van der Waals surface area contributed by atoms with E-state index in [1.165, 1.54) is 0 Å². The molecule has 2 heterocycles. The van der Waals surface area contributed by atoms with Crippen LogP contribution in [-0.2, 0) is 14.3 Å². The lowest BCUT2D eigenvalue weighted by Crippen LogP contribution is -2.46. The topological polar surface area (TPSA) is 68.3 Å². The fourth-order valence-electron chi connectivity index (χ4n) is 3.14. The summed E-state index contributed by atoms with van der Waals surface area (Å²) < 4.78 is 16.5. The minimum Gasteiger partial charge on any atom is -0.494 e. The fourth-order valence-corrected chi connectivity index (χ4v) is 3.14. The number of nitrogens with zero attached hydrogens (tertiary/aromatic N) is 2. The van der Waals surface area contributed by atoms with Crippen molar-refractivity contribution in [3.63, 3.8) is 0 Å². The molecule has 0 aliphatic carbocycles. The van der Waals surface area contributed by atoms with Gasteiger partial charge in [-0.15, -0.1) is 0 Å². The van der Waals surface area contributed by atoms with Gasteiger partial charge in [0.1, 0.15) is 11.5 Å². The molecule has 1 aromatic rings. The molecule has 2 aliphatic heterocycles. The molecule has 0 spiro atoms. The molecule has 25 heavy (non-hydrogen) atoms. The van der Waals surface area contributed by atoms with Crippen molar-refractivity contribution in [1.82, 2.24) is 9.80 Å². The smallest absolute Gasteiger partial charge is 0.260 e. The van der Waals surface area contributed by atoms with Crippen LogP contribution < -0.4 is 9.47 Å². The Balaban J connectivity index is 1.58. The maximum absolute atomic E-state index is 12.5. The summed E-state index contributed by atoms with van der Waals surface area (Å²) in [6, 6.07) is 7.07. The summed E-state index contributed by atoms with van der Waals surface area (Å²) in [4.78, 5) is 28.3. The van der Waals surface area contributed by atoms with Crippen molar-refractivity contribution < 1.29 is 23.8 Å². The molecule has 2 fully saturated rings. The highest BCUT2D eigenvalue weighted by Crippen LogP contribution is 2.21. The molecule has 2 saturated heterocycles. The summed E-state index contributed by atoms with van der Waals surface area (Å²) in [6.07, 6.45) is 0. The number of rotatable bonds is 5. The van der Waals surface area contributed by atoms with E-state index < -0.39 is 0 Å². The molecule has 2 atom stereocenters. The minimum absolute atomic E-state index is 0.0465. The molecule has 7 nitrogen and oxygen atoms in total. The summed E-state index contributed by atoms with van der Waals surface area (Å²) in [7, 11) is 1.78. The summed E-state index contributed by atoms with van der Waals surface area (Å²) in [5.41, 5.74) is 0. The molecule has 2 amide bonds. The van der Waals surface area contributed by atoms with E-state index in [9.17, 15) is 9.59 Å². The van der Waals surface area contributed by atoms with Crippen LogP contribution in [0.2, 0.25) is 0 Å². The lowest BCUT2D eigenvalue weighted by molar-refractivity contribution is -0.135. The van der Waals surface area contributed by atoms with Gasteiger partial charge in [0.05, 0.1) is 31.8 Å². The second kappa shape index (κ2) is 7.74. The monoisotopic (exact) mass is 348 g/mol. The highest BCUT2D eigenvalue weighted by atomic mass is 16.5. The van der Waals surface area contributed by atoms with Crippen LogP contribution in [0.15, 0.2) is 24.3 Å². The Morgan fingerprint density at radius 3 is 2.52 bits per heavy atom. The number of hydrogen-bond acceptors (Lipinski definition) is 5. The maximum Gasteiger partial charge on any atom is 0.260 e. The van der Waals surface area contributed by atoms with Crippen molar-refractivity contribution in [2.45, 2.75) is 13.0 Å². The predicted molar refractivity (Wildman–Crippen MR) is 90.6 cm³/mol. The van der Waals surface area contributed by atoms with Crippen LogP contribution in [-0.4, -0.2) is 74.2 Å². The number of fused-ring (bicyclic) bond motifs is 3. The average molecular weight is 348 g/mol. The van der Waals surface area contributed by atoms with E-state index >= 15 is 0 Å². The van der Waals surface area contributed by atoms with Crippen molar-refractivity contribution in [1.29, 1.82) is 0 Å². The van der Waals surface area contributed by atoms with Gasteiger partial charge in [-0.25, -0.2) is 0 Å². The number of carbonyl (C=O) groups is 2. The Labute approximate surface area is 147 Å². The van der Waals surface area contributed by atoms with Gasteiger partial charge in [0.2, 0.25) is 5.91 Å². The Morgan fingerprint density at radius 2 is 1.84 bits per heavy atom. The molecular weight excluding hydrogens is 324 g/mol. The van der Waals surface area contributed by atoms with Gasteiger partial charge in [0.15, 0.2) is 6.61 Å². The van der Waals surface area contributed by atoms with Crippen LogP contribution in [0, 0.1) is 5.92 Å². The lowest BCUT2D eigenvalue weighted by Gasteiger charge is -2.29. The first kappa shape index (κ1) is 17.5. The zero-order valence-corrected chi connectivity index (χ0v) is 14.6. The van der Waals surface area contributed by atoms with E-state index in [2.05, 4.69) is 0 Å². The second-order valence-electron chi connectivity index (χ2n) is 6.33. The standard InChI is InChI=1S/C18H24N2O5/c1-3-24-15-4-6-16(7-5-15)25-12-17(21)20-8-13-10-23-11-14(9-20)19(2)18(13)22/h4-7,13-14H,3,8-12H2,1-2H3/t13-,14+/m1/s1. The number of hydrogen-bond donors (Lipinski definition) is 0. The van der Waals surface area contributed by atoms with E-state index in [0.29, 0.717) is 38.7 Å². The van der Waals surface area contributed by atoms with Crippen LogP contribution in [0.4, 0.5) is 0 Å². The first-order chi connectivity index (χ1) is 12.1. The normalized spacial score (nSPS) is 23.2. The van der Waals surface area contributed by atoms with Gasteiger partial charge >= 0.3 is 0 Å². The molecule has 0 unspecified atom stereocenters. The summed E-state index contributed by atoms with van der Waals surface area (Å²) >= 11 is 0. The summed E-state index contributed by atoms with van der Waals surface area (Å²) in [5, 5.41) is 0. The molecule has 2 aliphatic rings. The third kappa shape index (κ3) is 4.04. The third-order valence-electron chi connectivity index (χ3n) is 4.60. The molecular formula is C18H24N2O5. The van der Waals surface area contributed by atoms with Gasteiger partial charge in [-0.3, -0.25) is 9.59 Å². The highest BCUT2D eigenvalue weighted by molar-refractivity contribution is 5.83. The number of amides is 2. The first-order valence-corrected chi connectivity index (χ1v) is 8.56. The zero-order valence-electron chi connectivity index (χ0n) is 14.6. The van der Waals surface area contributed by atoms with Gasteiger partial charge in [-0.05, 0) is 31.2 Å². The Kier molecular flexibility index (Phi) is 5.43. The number of likely N-dealkylation sites (N-methyl/N-ethyl adjacent to an activating group) is 1. The number of benzene rings is 1. The van der Waals surface area contributed by atoms with Gasteiger partial charge in [0, 0.05) is 20.1 Å². The highest BCUT2D eigenvalue weighted by Gasteiger charge is 2.38. The van der Waals surface area contributed by atoms with Crippen LogP contribution in [0.3, 0.4) is 0 Å². The molecule has 0 N–H and O–H groups in total. The van der Waals surface area contributed by atoms with E-state index in [-0.39, 0.29) is 30.4 Å². The van der Waals surface area contributed by atoms with Gasteiger partial charge < -0.3 is 24.0 Å². The van der Waals surface area contributed by atoms with E-state index in [0.717, 1.165) is 5.75 Å². The molecule has 136 valence electrons. The van der Waals surface area contributed by atoms with Gasteiger partial charge in [0.25, 0.3) is 5.91 Å². The number of ether oxygens (including phenoxy) is 3. The van der Waals surface area contributed by atoms with Crippen molar-refractivity contribution in [2.24, 2.45) is 5.92 Å². The molecule has 2 bridgehead atoms. The predicted octanol–water partition coefficient (Wildman–Crippen LogP) is 0.780. The first-order valence-electron chi connectivity index (χ1n) is 8.56. The lowest BCUT2D eigenvalue weighted by atomic mass is 10.1. The fraction of sp³-hybridized carbons (Fsp3) is 0.556. The Bertz CT molecular complexity index is 618. The van der Waals surface area contributed by atoms with Crippen LogP contribution >= 0.6 is 0 Å². The molecule has 7 heteroatoms. The number of carbonyl (C=O) groups excluding carboxylic acids is 2. The Morgan fingerprint density at radius 1 is 1.16 bits per heavy atom.